The fraction of sp³-hybridized carbons (Fsp3) is 0.471. The van der Waals surface area contributed by atoms with Gasteiger partial charge in [-0.25, -0.2) is 4.98 Å². The van der Waals surface area contributed by atoms with Crippen LogP contribution in [0.4, 0.5) is 0 Å². The Kier molecular flexibility index (Phi) is 5.08. The summed E-state index contributed by atoms with van der Waals surface area (Å²) in [5, 5.41) is 9.47. The first-order chi connectivity index (χ1) is 10.5. The Bertz CT molecular complexity index is 716. The summed E-state index contributed by atoms with van der Waals surface area (Å²) in [7, 11) is 0. The number of fused-ring (bicyclic) bond motifs is 1. The monoisotopic (exact) mass is 302 g/mol. The van der Waals surface area contributed by atoms with Crippen LogP contribution in [0, 0.1) is 6.92 Å². The summed E-state index contributed by atoms with van der Waals surface area (Å²) in [6.07, 6.45) is 2.42. The van der Waals surface area contributed by atoms with Crippen LogP contribution < -0.4 is 0 Å². The Morgan fingerprint density at radius 1 is 1.18 bits per heavy atom. The molecule has 0 radical (unpaired) electrons. The van der Waals surface area contributed by atoms with Crippen LogP contribution in [0.5, 0.6) is 0 Å². The quantitative estimate of drug-likeness (QED) is 0.831. The third-order valence-corrected chi connectivity index (χ3v) is 3.70. The van der Waals surface area contributed by atoms with E-state index in [1.54, 1.807) is 6.07 Å². The number of hydrogen-bond acceptors (Lipinski definition) is 4. The smallest absolute Gasteiger partial charge is 0.232 e. The van der Waals surface area contributed by atoms with Crippen molar-refractivity contribution >= 4 is 22.7 Å². The standard InChI is InChI=1S/C17H22N2O3/c1-4-6-15(21)12-9-13-14(8-11(12)3)19(16(10-20)18-13)17(22)7-5-2/h8-9,20H,4-7,10H2,1-3H3. The van der Waals surface area contributed by atoms with Crippen molar-refractivity contribution in [1.29, 1.82) is 0 Å². The lowest BCUT2D eigenvalue weighted by Crippen LogP contribution is -2.13. The van der Waals surface area contributed by atoms with E-state index >= 15 is 0 Å². The molecule has 0 unspecified atom stereocenters. The second kappa shape index (κ2) is 6.83. The number of rotatable bonds is 6. The molecule has 1 aromatic carbocycles. The maximum absolute atomic E-state index is 12.3. The number of aliphatic hydroxyl groups is 1. The van der Waals surface area contributed by atoms with Gasteiger partial charge in [0, 0.05) is 18.4 Å². The molecule has 5 heteroatoms. The van der Waals surface area contributed by atoms with Gasteiger partial charge in [0.15, 0.2) is 5.78 Å². The predicted octanol–water partition coefficient (Wildman–Crippen LogP) is 3.26. The van der Waals surface area contributed by atoms with Crippen LogP contribution >= 0.6 is 0 Å². The number of aliphatic hydroxyl groups excluding tert-OH is 1. The molecule has 5 nitrogen and oxygen atoms in total. The Labute approximate surface area is 130 Å². The second-order valence-corrected chi connectivity index (χ2v) is 5.49. The van der Waals surface area contributed by atoms with Gasteiger partial charge in [-0.3, -0.25) is 14.2 Å². The summed E-state index contributed by atoms with van der Waals surface area (Å²) in [6, 6.07) is 3.55. The normalized spacial score (nSPS) is 11.1. The molecule has 0 aliphatic rings. The van der Waals surface area contributed by atoms with Crippen molar-refractivity contribution in [3.8, 4) is 0 Å². The molecule has 0 saturated heterocycles. The molecular weight excluding hydrogens is 280 g/mol. The van der Waals surface area contributed by atoms with Crippen molar-refractivity contribution < 1.29 is 14.7 Å². The lowest BCUT2D eigenvalue weighted by Gasteiger charge is -2.08. The van der Waals surface area contributed by atoms with Gasteiger partial charge in [0.1, 0.15) is 12.4 Å². The maximum atomic E-state index is 12.3. The fourth-order valence-electron chi connectivity index (χ4n) is 2.65. The first-order valence-electron chi connectivity index (χ1n) is 7.72. The summed E-state index contributed by atoms with van der Waals surface area (Å²) in [4.78, 5) is 28.8. The summed E-state index contributed by atoms with van der Waals surface area (Å²) in [5.74, 6) is 0.330. The molecule has 1 heterocycles. The van der Waals surface area contributed by atoms with Crippen LogP contribution in [0.2, 0.25) is 0 Å². The van der Waals surface area contributed by atoms with Crippen molar-refractivity contribution in [2.24, 2.45) is 0 Å². The minimum Gasteiger partial charge on any atom is -0.388 e. The first kappa shape index (κ1) is 16.4. The van der Waals surface area contributed by atoms with Gasteiger partial charge in [0.2, 0.25) is 5.91 Å². The topological polar surface area (TPSA) is 72.2 Å². The van der Waals surface area contributed by atoms with Crippen LogP contribution in [-0.2, 0) is 6.61 Å². The first-order valence-corrected chi connectivity index (χ1v) is 7.72. The molecular formula is C17H22N2O3. The lowest BCUT2D eigenvalue weighted by molar-refractivity contribution is 0.0896. The summed E-state index contributed by atoms with van der Waals surface area (Å²) < 4.78 is 1.47. The molecule has 0 aliphatic heterocycles. The highest BCUT2D eigenvalue weighted by Crippen LogP contribution is 2.23. The average Bonchev–Trinajstić information content (AvgIpc) is 2.84. The lowest BCUT2D eigenvalue weighted by atomic mass is 10.0. The van der Waals surface area contributed by atoms with E-state index in [1.165, 1.54) is 4.57 Å². The van der Waals surface area contributed by atoms with E-state index in [9.17, 15) is 14.7 Å². The maximum Gasteiger partial charge on any atom is 0.232 e. The van der Waals surface area contributed by atoms with E-state index < -0.39 is 0 Å². The van der Waals surface area contributed by atoms with Gasteiger partial charge in [-0.05, 0) is 37.5 Å². The van der Waals surface area contributed by atoms with Crippen molar-refractivity contribution in [3.63, 3.8) is 0 Å². The molecule has 0 saturated carbocycles. The molecule has 0 aliphatic carbocycles. The molecule has 0 spiro atoms. The number of hydrogen-bond donors (Lipinski definition) is 1. The molecule has 0 atom stereocenters. The van der Waals surface area contributed by atoms with E-state index in [4.69, 9.17) is 0 Å². The number of nitrogens with zero attached hydrogens (tertiary/aromatic N) is 2. The molecule has 0 fully saturated rings. The van der Waals surface area contributed by atoms with E-state index in [0.717, 1.165) is 18.4 Å². The van der Waals surface area contributed by atoms with Gasteiger partial charge in [-0.15, -0.1) is 0 Å². The molecule has 0 amide bonds. The minimum atomic E-state index is -0.304. The summed E-state index contributed by atoms with van der Waals surface area (Å²) >= 11 is 0. The highest BCUT2D eigenvalue weighted by Gasteiger charge is 2.18. The average molecular weight is 302 g/mol. The zero-order valence-corrected chi connectivity index (χ0v) is 13.3. The van der Waals surface area contributed by atoms with Crippen LogP contribution in [0.25, 0.3) is 11.0 Å². The van der Waals surface area contributed by atoms with E-state index in [2.05, 4.69) is 4.98 Å². The van der Waals surface area contributed by atoms with Gasteiger partial charge in [-0.1, -0.05) is 13.8 Å². The van der Waals surface area contributed by atoms with Gasteiger partial charge in [0.05, 0.1) is 11.0 Å². The largest absolute Gasteiger partial charge is 0.388 e. The third-order valence-electron chi connectivity index (χ3n) is 3.70. The zero-order valence-electron chi connectivity index (χ0n) is 13.3. The molecule has 118 valence electrons. The number of benzene rings is 1. The second-order valence-electron chi connectivity index (χ2n) is 5.49. The Hall–Kier alpha value is -2.01. The SMILES string of the molecule is CCCC(=O)c1cc2nc(CO)n(C(=O)CCC)c2cc1C. The molecule has 1 N–H and O–H groups in total. The van der Waals surface area contributed by atoms with Crippen LogP contribution in [0.1, 0.15) is 66.1 Å². The van der Waals surface area contributed by atoms with Crippen molar-refractivity contribution in [2.75, 3.05) is 0 Å². The fourth-order valence-corrected chi connectivity index (χ4v) is 2.65. The summed E-state index contributed by atoms with van der Waals surface area (Å²) in [5.41, 5.74) is 2.72. The summed E-state index contributed by atoms with van der Waals surface area (Å²) in [6.45, 7) is 5.46. The van der Waals surface area contributed by atoms with Crippen molar-refractivity contribution in [1.82, 2.24) is 9.55 Å². The zero-order chi connectivity index (χ0) is 16.3. The molecule has 1 aromatic heterocycles. The Morgan fingerprint density at radius 3 is 2.45 bits per heavy atom. The predicted molar refractivity (Wildman–Crippen MR) is 85.2 cm³/mol. The van der Waals surface area contributed by atoms with Gasteiger partial charge < -0.3 is 5.11 Å². The Morgan fingerprint density at radius 2 is 1.86 bits per heavy atom. The van der Waals surface area contributed by atoms with Crippen LogP contribution in [0.3, 0.4) is 0 Å². The number of Topliss-reactive ketones (excluding diaryl/α,β-unsaturated/α-hetero) is 1. The van der Waals surface area contributed by atoms with Crippen LogP contribution in [-0.4, -0.2) is 26.3 Å². The van der Waals surface area contributed by atoms with Crippen molar-refractivity contribution in [2.45, 2.75) is 53.1 Å². The van der Waals surface area contributed by atoms with Crippen LogP contribution in [0.15, 0.2) is 12.1 Å². The third kappa shape index (κ3) is 2.95. The minimum absolute atomic E-state index is 0.0823. The number of aryl methyl sites for hydroxylation is 1. The van der Waals surface area contributed by atoms with Gasteiger partial charge in [-0.2, -0.15) is 0 Å². The number of ketones is 1. The highest BCUT2D eigenvalue weighted by atomic mass is 16.3. The van der Waals surface area contributed by atoms with E-state index in [1.807, 2.05) is 26.8 Å². The van der Waals surface area contributed by atoms with Gasteiger partial charge >= 0.3 is 0 Å². The molecule has 22 heavy (non-hydrogen) atoms. The number of aromatic nitrogens is 2. The van der Waals surface area contributed by atoms with Crippen molar-refractivity contribution in [3.05, 3.63) is 29.1 Å². The van der Waals surface area contributed by atoms with E-state index in [-0.39, 0.29) is 18.3 Å². The molecule has 2 rings (SSSR count). The number of carbonyl (C=O) groups is 2. The Balaban J connectivity index is 2.61. The van der Waals surface area contributed by atoms with Gasteiger partial charge in [0.25, 0.3) is 0 Å². The number of carbonyl (C=O) groups excluding carboxylic acids is 2. The van der Waals surface area contributed by atoms with E-state index in [0.29, 0.717) is 35.3 Å². The highest BCUT2D eigenvalue weighted by molar-refractivity contribution is 6.01. The molecule has 0 bridgehead atoms. The molecule has 2 aromatic rings. The number of imidazole rings is 1.